The second kappa shape index (κ2) is 6.12. The smallest absolute Gasteiger partial charge is 0.0638 e. The summed E-state index contributed by atoms with van der Waals surface area (Å²) in [7, 11) is 0. The van der Waals surface area contributed by atoms with E-state index < -0.39 is 0 Å². The first-order valence-electron chi connectivity index (χ1n) is 6.31. The number of nitrogens with zero attached hydrogens (tertiary/aromatic N) is 2. The first kappa shape index (κ1) is 12.5. The van der Waals surface area contributed by atoms with Crippen LogP contribution in [0, 0.1) is 17.2 Å². The molecule has 1 rings (SSSR count). The zero-order valence-electron chi connectivity index (χ0n) is 10.4. The van der Waals surface area contributed by atoms with E-state index in [9.17, 15) is 0 Å². The van der Waals surface area contributed by atoms with Crippen LogP contribution in [0.4, 0.5) is 0 Å². The summed E-state index contributed by atoms with van der Waals surface area (Å²) < 4.78 is 0. The Labute approximate surface area is 94.3 Å². The van der Waals surface area contributed by atoms with Crippen molar-refractivity contribution in [1.82, 2.24) is 4.90 Å². The molecule has 0 saturated heterocycles. The highest BCUT2D eigenvalue weighted by Crippen LogP contribution is 2.30. The van der Waals surface area contributed by atoms with Crippen molar-refractivity contribution in [1.29, 1.82) is 5.26 Å². The third-order valence-corrected chi connectivity index (χ3v) is 3.25. The van der Waals surface area contributed by atoms with Gasteiger partial charge in [0.15, 0.2) is 0 Å². The summed E-state index contributed by atoms with van der Waals surface area (Å²) in [5, 5.41) is 8.82. The Bertz CT molecular complexity index is 213. The topological polar surface area (TPSA) is 27.0 Å². The van der Waals surface area contributed by atoms with E-state index >= 15 is 0 Å². The minimum absolute atomic E-state index is 0.501. The molecule has 86 valence electrons. The SMILES string of the molecule is CCC(CC#N)N(CCC(C)C)C1CC1. The molecule has 0 aromatic heterocycles. The normalized spacial score (nSPS) is 18.1. The Balaban J connectivity index is 2.44. The quantitative estimate of drug-likeness (QED) is 0.642. The van der Waals surface area contributed by atoms with Crippen molar-refractivity contribution in [2.45, 2.75) is 65.0 Å². The van der Waals surface area contributed by atoms with Crippen molar-refractivity contribution in [2.24, 2.45) is 5.92 Å². The minimum atomic E-state index is 0.501. The molecule has 1 saturated carbocycles. The molecule has 0 radical (unpaired) electrons. The van der Waals surface area contributed by atoms with Crippen molar-refractivity contribution in [2.75, 3.05) is 6.54 Å². The molecule has 2 heteroatoms. The lowest BCUT2D eigenvalue weighted by molar-refractivity contribution is 0.173. The third-order valence-electron chi connectivity index (χ3n) is 3.25. The summed E-state index contributed by atoms with van der Waals surface area (Å²) in [6, 6.07) is 3.62. The highest BCUT2D eigenvalue weighted by Gasteiger charge is 2.32. The van der Waals surface area contributed by atoms with Gasteiger partial charge in [0.1, 0.15) is 0 Å². The molecule has 0 aromatic rings. The van der Waals surface area contributed by atoms with E-state index in [1.165, 1.54) is 25.8 Å². The molecule has 0 N–H and O–H groups in total. The van der Waals surface area contributed by atoms with Gasteiger partial charge in [0.2, 0.25) is 0 Å². The number of hydrogen-bond acceptors (Lipinski definition) is 2. The largest absolute Gasteiger partial charge is 0.296 e. The fraction of sp³-hybridized carbons (Fsp3) is 0.923. The molecule has 0 bridgehead atoms. The lowest BCUT2D eigenvalue weighted by Crippen LogP contribution is -2.37. The second-order valence-corrected chi connectivity index (χ2v) is 5.08. The van der Waals surface area contributed by atoms with Gasteiger partial charge >= 0.3 is 0 Å². The first-order valence-corrected chi connectivity index (χ1v) is 6.31. The highest BCUT2D eigenvalue weighted by molar-refractivity contribution is 4.91. The zero-order valence-corrected chi connectivity index (χ0v) is 10.4. The van der Waals surface area contributed by atoms with Crippen molar-refractivity contribution in [3.63, 3.8) is 0 Å². The van der Waals surface area contributed by atoms with Gasteiger partial charge in [-0.15, -0.1) is 0 Å². The summed E-state index contributed by atoms with van der Waals surface area (Å²) in [4.78, 5) is 2.59. The zero-order chi connectivity index (χ0) is 11.3. The summed E-state index contributed by atoms with van der Waals surface area (Å²) in [5.41, 5.74) is 0. The fourth-order valence-corrected chi connectivity index (χ4v) is 2.08. The van der Waals surface area contributed by atoms with Gasteiger partial charge in [-0.05, 0) is 38.1 Å². The van der Waals surface area contributed by atoms with Crippen LogP contribution in [0.15, 0.2) is 0 Å². The third kappa shape index (κ3) is 4.22. The van der Waals surface area contributed by atoms with Crippen LogP contribution < -0.4 is 0 Å². The van der Waals surface area contributed by atoms with E-state index in [2.05, 4.69) is 31.7 Å². The molecule has 1 fully saturated rings. The van der Waals surface area contributed by atoms with Crippen LogP contribution in [0.2, 0.25) is 0 Å². The van der Waals surface area contributed by atoms with Crippen molar-refractivity contribution >= 4 is 0 Å². The van der Waals surface area contributed by atoms with Gasteiger partial charge < -0.3 is 0 Å². The molecule has 1 aliphatic rings. The van der Waals surface area contributed by atoms with Crippen molar-refractivity contribution in [3.8, 4) is 6.07 Å². The molecule has 2 nitrogen and oxygen atoms in total. The first-order chi connectivity index (χ1) is 7.19. The summed E-state index contributed by atoms with van der Waals surface area (Å²) >= 11 is 0. The Morgan fingerprint density at radius 3 is 2.47 bits per heavy atom. The van der Waals surface area contributed by atoms with Crippen molar-refractivity contribution in [3.05, 3.63) is 0 Å². The van der Waals surface area contributed by atoms with Crippen LogP contribution in [0.5, 0.6) is 0 Å². The summed E-state index contributed by atoms with van der Waals surface area (Å²) in [6.45, 7) is 7.93. The molecule has 0 amide bonds. The summed E-state index contributed by atoms with van der Waals surface area (Å²) in [5.74, 6) is 0.769. The number of hydrogen-bond donors (Lipinski definition) is 0. The predicted octanol–water partition coefficient (Wildman–Crippen LogP) is 3.19. The van der Waals surface area contributed by atoms with Crippen LogP contribution in [0.3, 0.4) is 0 Å². The van der Waals surface area contributed by atoms with Gasteiger partial charge in [-0.3, -0.25) is 4.90 Å². The Morgan fingerprint density at radius 1 is 1.40 bits per heavy atom. The van der Waals surface area contributed by atoms with Crippen molar-refractivity contribution < 1.29 is 0 Å². The second-order valence-electron chi connectivity index (χ2n) is 5.08. The molecule has 1 atom stereocenters. The van der Waals surface area contributed by atoms with Crippen LogP contribution in [0.1, 0.15) is 52.9 Å². The van der Waals surface area contributed by atoms with E-state index in [-0.39, 0.29) is 0 Å². The van der Waals surface area contributed by atoms with E-state index in [1.807, 2.05) is 0 Å². The molecule has 0 aliphatic heterocycles. The summed E-state index contributed by atoms with van der Waals surface area (Å²) in [6.07, 6.45) is 5.77. The number of rotatable bonds is 7. The monoisotopic (exact) mass is 208 g/mol. The van der Waals surface area contributed by atoms with Gasteiger partial charge in [-0.2, -0.15) is 5.26 Å². The molecule has 0 heterocycles. The molecular weight excluding hydrogens is 184 g/mol. The van der Waals surface area contributed by atoms with E-state index in [0.717, 1.165) is 18.4 Å². The number of nitriles is 1. The lowest BCUT2D eigenvalue weighted by atomic mass is 10.1. The molecule has 0 aromatic carbocycles. The Hall–Kier alpha value is -0.550. The maximum Gasteiger partial charge on any atom is 0.0638 e. The fourth-order valence-electron chi connectivity index (χ4n) is 2.08. The Kier molecular flexibility index (Phi) is 5.11. The van der Waals surface area contributed by atoms with Gasteiger partial charge in [-0.1, -0.05) is 20.8 Å². The maximum absolute atomic E-state index is 8.82. The van der Waals surface area contributed by atoms with Crippen LogP contribution in [-0.2, 0) is 0 Å². The van der Waals surface area contributed by atoms with Gasteiger partial charge in [0.05, 0.1) is 12.5 Å². The highest BCUT2D eigenvalue weighted by atomic mass is 15.2. The average Bonchev–Trinajstić information content (AvgIpc) is 3.00. The molecule has 1 aliphatic carbocycles. The van der Waals surface area contributed by atoms with Crippen LogP contribution in [0.25, 0.3) is 0 Å². The average molecular weight is 208 g/mol. The van der Waals surface area contributed by atoms with Crippen LogP contribution in [-0.4, -0.2) is 23.5 Å². The van der Waals surface area contributed by atoms with E-state index in [4.69, 9.17) is 5.26 Å². The van der Waals surface area contributed by atoms with Gasteiger partial charge in [-0.25, -0.2) is 0 Å². The van der Waals surface area contributed by atoms with Gasteiger partial charge in [0, 0.05) is 12.1 Å². The molecule has 15 heavy (non-hydrogen) atoms. The maximum atomic E-state index is 8.82. The molecule has 1 unspecified atom stereocenters. The standard InChI is InChI=1S/C13H24N2/c1-4-12(7-9-14)15(13-5-6-13)10-8-11(2)3/h11-13H,4-8,10H2,1-3H3. The predicted molar refractivity (Wildman–Crippen MR) is 63.5 cm³/mol. The Morgan fingerprint density at radius 2 is 2.07 bits per heavy atom. The van der Waals surface area contributed by atoms with E-state index in [0.29, 0.717) is 12.5 Å². The molecular formula is C13H24N2. The molecule has 0 spiro atoms. The minimum Gasteiger partial charge on any atom is -0.296 e. The lowest BCUT2D eigenvalue weighted by Gasteiger charge is -2.30. The van der Waals surface area contributed by atoms with Crippen LogP contribution >= 0.6 is 0 Å². The van der Waals surface area contributed by atoms with E-state index in [1.54, 1.807) is 0 Å². The van der Waals surface area contributed by atoms with Gasteiger partial charge in [0.25, 0.3) is 0 Å².